The van der Waals surface area contributed by atoms with E-state index in [1.165, 1.54) is 12.1 Å². The van der Waals surface area contributed by atoms with Crippen LogP contribution in [0.15, 0.2) is 24.3 Å². The first kappa shape index (κ1) is 14.5. The molecular formula is C15H19NO4. The van der Waals surface area contributed by atoms with Crippen LogP contribution in [0.3, 0.4) is 0 Å². The summed E-state index contributed by atoms with van der Waals surface area (Å²) in [5.41, 5.74) is 0.500. The Hall–Kier alpha value is -1.88. The van der Waals surface area contributed by atoms with Crippen molar-refractivity contribution < 1.29 is 19.4 Å². The van der Waals surface area contributed by atoms with Gasteiger partial charge in [-0.25, -0.2) is 4.79 Å². The normalized spacial score (nSPS) is 22.2. The van der Waals surface area contributed by atoms with Crippen molar-refractivity contribution in [3.05, 3.63) is 35.4 Å². The summed E-state index contributed by atoms with van der Waals surface area (Å²) in [5, 5.41) is 11.9. The lowest BCUT2D eigenvalue weighted by Crippen LogP contribution is -2.41. The molecule has 0 aromatic heterocycles. The standard InChI is InChI=1S/C15H19NO4/c1-2-13-9-12(6-7-20-13)16-14(17)10-4-3-5-11(8-10)15(18)19/h3-5,8,12-13H,2,6-7,9H2,1H3,(H,16,17)(H,18,19). The van der Waals surface area contributed by atoms with E-state index in [9.17, 15) is 9.59 Å². The zero-order valence-electron chi connectivity index (χ0n) is 11.5. The lowest BCUT2D eigenvalue weighted by molar-refractivity contribution is 0.000623. The highest BCUT2D eigenvalue weighted by molar-refractivity contribution is 5.97. The number of carbonyl (C=O) groups excluding carboxylic acids is 1. The van der Waals surface area contributed by atoms with Gasteiger partial charge in [-0.2, -0.15) is 0 Å². The molecule has 2 rings (SSSR count). The quantitative estimate of drug-likeness (QED) is 0.883. The van der Waals surface area contributed by atoms with Gasteiger partial charge in [-0.3, -0.25) is 4.79 Å². The summed E-state index contributed by atoms with van der Waals surface area (Å²) in [7, 11) is 0. The summed E-state index contributed by atoms with van der Waals surface area (Å²) in [6.45, 7) is 2.71. The Morgan fingerprint density at radius 1 is 1.40 bits per heavy atom. The molecule has 20 heavy (non-hydrogen) atoms. The molecule has 0 aliphatic carbocycles. The lowest BCUT2D eigenvalue weighted by Gasteiger charge is -2.29. The number of carbonyl (C=O) groups is 2. The average Bonchev–Trinajstić information content (AvgIpc) is 2.47. The summed E-state index contributed by atoms with van der Waals surface area (Å²) in [4.78, 5) is 23.0. The molecule has 2 atom stereocenters. The number of ether oxygens (including phenoxy) is 1. The molecule has 2 N–H and O–H groups in total. The second-order valence-corrected chi connectivity index (χ2v) is 4.98. The molecule has 1 aromatic rings. The third-order valence-corrected chi connectivity index (χ3v) is 3.53. The summed E-state index contributed by atoms with van der Waals surface area (Å²) in [6, 6.07) is 6.17. The fourth-order valence-corrected chi connectivity index (χ4v) is 2.36. The van der Waals surface area contributed by atoms with E-state index < -0.39 is 5.97 Å². The summed E-state index contributed by atoms with van der Waals surface area (Å²) >= 11 is 0. The Labute approximate surface area is 117 Å². The maximum absolute atomic E-state index is 12.1. The van der Waals surface area contributed by atoms with Crippen molar-refractivity contribution in [3.63, 3.8) is 0 Å². The van der Waals surface area contributed by atoms with Crippen LogP contribution >= 0.6 is 0 Å². The highest BCUT2D eigenvalue weighted by Crippen LogP contribution is 2.17. The fourth-order valence-electron chi connectivity index (χ4n) is 2.36. The molecule has 0 spiro atoms. The first-order chi connectivity index (χ1) is 9.60. The monoisotopic (exact) mass is 277 g/mol. The molecule has 1 aliphatic rings. The molecule has 1 saturated heterocycles. The summed E-state index contributed by atoms with van der Waals surface area (Å²) < 4.78 is 5.57. The Bertz CT molecular complexity index is 500. The van der Waals surface area contributed by atoms with Crippen molar-refractivity contribution in [1.82, 2.24) is 5.32 Å². The van der Waals surface area contributed by atoms with E-state index in [2.05, 4.69) is 12.2 Å². The number of amides is 1. The zero-order valence-corrected chi connectivity index (χ0v) is 11.5. The van der Waals surface area contributed by atoms with Gasteiger partial charge in [0.25, 0.3) is 5.91 Å². The molecule has 0 bridgehead atoms. The second-order valence-electron chi connectivity index (χ2n) is 4.98. The van der Waals surface area contributed by atoms with Gasteiger partial charge in [0.2, 0.25) is 0 Å². The first-order valence-electron chi connectivity index (χ1n) is 6.86. The van der Waals surface area contributed by atoms with Crippen LogP contribution in [0.5, 0.6) is 0 Å². The molecular weight excluding hydrogens is 258 g/mol. The Morgan fingerprint density at radius 2 is 2.15 bits per heavy atom. The van der Waals surface area contributed by atoms with Crippen LogP contribution in [-0.4, -0.2) is 35.7 Å². The highest BCUT2D eigenvalue weighted by atomic mass is 16.5. The van der Waals surface area contributed by atoms with Crippen molar-refractivity contribution in [3.8, 4) is 0 Å². The number of benzene rings is 1. The minimum absolute atomic E-state index is 0.0923. The second kappa shape index (κ2) is 6.52. The van der Waals surface area contributed by atoms with Crippen LogP contribution in [0.25, 0.3) is 0 Å². The van der Waals surface area contributed by atoms with E-state index in [0.717, 1.165) is 19.3 Å². The molecule has 108 valence electrons. The molecule has 2 unspecified atom stereocenters. The van der Waals surface area contributed by atoms with Gasteiger partial charge in [0.15, 0.2) is 0 Å². The third-order valence-electron chi connectivity index (χ3n) is 3.53. The van der Waals surface area contributed by atoms with Crippen molar-refractivity contribution >= 4 is 11.9 Å². The Morgan fingerprint density at radius 3 is 2.85 bits per heavy atom. The van der Waals surface area contributed by atoms with E-state index in [4.69, 9.17) is 9.84 Å². The first-order valence-corrected chi connectivity index (χ1v) is 6.86. The molecule has 1 aliphatic heterocycles. The summed E-state index contributed by atoms with van der Waals surface area (Å²) in [5.74, 6) is -1.26. The molecule has 5 nitrogen and oxygen atoms in total. The predicted molar refractivity (Wildman–Crippen MR) is 73.9 cm³/mol. The number of carboxylic acid groups (broad SMARTS) is 1. The van der Waals surface area contributed by atoms with Crippen LogP contribution < -0.4 is 5.32 Å². The van der Waals surface area contributed by atoms with Crippen LogP contribution in [-0.2, 0) is 4.74 Å². The van der Waals surface area contributed by atoms with Gasteiger partial charge in [0, 0.05) is 18.2 Å². The van der Waals surface area contributed by atoms with Gasteiger partial charge >= 0.3 is 5.97 Å². The molecule has 5 heteroatoms. The van der Waals surface area contributed by atoms with Crippen LogP contribution in [0.2, 0.25) is 0 Å². The Balaban J connectivity index is 2.01. The van der Waals surface area contributed by atoms with Gasteiger partial charge in [0.05, 0.1) is 11.7 Å². The van der Waals surface area contributed by atoms with Crippen LogP contribution in [0.4, 0.5) is 0 Å². The maximum atomic E-state index is 12.1. The van der Waals surface area contributed by atoms with Crippen molar-refractivity contribution in [1.29, 1.82) is 0 Å². The number of nitrogens with one attached hydrogen (secondary N) is 1. The van der Waals surface area contributed by atoms with Crippen molar-refractivity contribution in [2.45, 2.75) is 38.3 Å². The van der Waals surface area contributed by atoms with Crippen molar-refractivity contribution in [2.75, 3.05) is 6.61 Å². The van der Waals surface area contributed by atoms with E-state index in [-0.39, 0.29) is 23.6 Å². The SMILES string of the molecule is CCC1CC(NC(=O)c2cccc(C(=O)O)c2)CCO1. The third kappa shape index (κ3) is 3.57. The molecule has 1 heterocycles. The minimum Gasteiger partial charge on any atom is -0.478 e. The summed E-state index contributed by atoms with van der Waals surface area (Å²) in [6.07, 6.45) is 2.72. The largest absolute Gasteiger partial charge is 0.478 e. The Kier molecular flexibility index (Phi) is 4.74. The van der Waals surface area contributed by atoms with E-state index in [1.54, 1.807) is 12.1 Å². The molecule has 1 amide bonds. The molecule has 0 radical (unpaired) electrons. The zero-order chi connectivity index (χ0) is 14.5. The molecule has 1 aromatic carbocycles. The van der Waals surface area contributed by atoms with Gasteiger partial charge < -0.3 is 15.2 Å². The molecule has 1 fully saturated rings. The number of aromatic carboxylic acids is 1. The van der Waals surface area contributed by atoms with E-state index in [0.29, 0.717) is 12.2 Å². The van der Waals surface area contributed by atoms with Gasteiger partial charge in [-0.15, -0.1) is 0 Å². The number of rotatable bonds is 4. The average molecular weight is 277 g/mol. The smallest absolute Gasteiger partial charge is 0.335 e. The van der Waals surface area contributed by atoms with Gasteiger partial charge in [-0.1, -0.05) is 13.0 Å². The maximum Gasteiger partial charge on any atom is 0.335 e. The number of hydrogen-bond donors (Lipinski definition) is 2. The predicted octanol–water partition coefficient (Wildman–Crippen LogP) is 2.07. The number of hydrogen-bond acceptors (Lipinski definition) is 3. The lowest BCUT2D eigenvalue weighted by atomic mass is 10.0. The van der Waals surface area contributed by atoms with Crippen LogP contribution in [0, 0.1) is 0 Å². The van der Waals surface area contributed by atoms with E-state index in [1.807, 2.05) is 0 Å². The van der Waals surface area contributed by atoms with Gasteiger partial charge in [-0.05, 0) is 37.5 Å². The minimum atomic E-state index is -1.03. The van der Waals surface area contributed by atoms with Gasteiger partial charge in [0.1, 0.15) is 0 Å². The van der Waals surface area contributed by atoms with E-state index >= 15 is 0 Å². The fraction of sp³-hybridized carbons (Fsp3) is 0.467. The topological polar surface area (TPSA) is 75.6 Å². The molecule has 0 saturated carbocycles. The van der Waals surface area contributed by atoms with Crippen molar-refractivity contribution in [2.24, 2.45) is 0 Å². The number of carboxylic acids is 1. The highest BCUT2D eigenvalue weighted by Gasteiger charge is 2.23. The van der Waals surface area contributed by atoms with Crippen LogP contribution in [0.1, 0.15) is 46.9 Å².